The maximum atomic E-state index is 11.3. The van der Waals surface area contributed by atoms with Gasteiger partial charge in [0, 0.05) is 0 Å². The minimum atomic E-state index is -3.33. The first-order valence-corrected chi connectivity index (χ1v) is 6.75. The summed E-state index contributed by atoms with van der Waals surface area (Å²) in [5.41, 5.74) is 0. The van der Waals surface area contributed by atoms with Crippen molar-refractivity contribution in [2.75, 3.05) is 10.5 Å². The molecule has 84 valence electrons. The predicted octanol–water partition coefficient (Wildman–Crippen LogP) is 1.60. The Bertz CT molecular complexity index is 449. The van der Waals surface area contributed by atoms with Crippen LogP contribution in [-0.2, 0) is 10.0 Å². The van der Waals surface area contributed by atoms with Crippen molar-refractivity contribution in [3.63, 3.8) is 0 Å². The number of hydrogen-bond donors (Lipinski definition) is 2. The molecule has 5 nitrogen and oxygen atoms in total. The highest BCUT2D eigenvalue weighted by Gasteiger charge is 2.12. The number of hydrogen-bond acceptors (Lipinski definition) is 4. The van der Waals surface area contributed by atoms with Crippen LogP contribution in [0.4, 0.5) is 5.00 Å². The molecule has 0 bridgehead atoms. The summed E-state index contributed by atoms with van der Waals surface area (Å²) in [7, 11) is -3.33. The summed E-state index contributed by atoms with van der Waals surface area (Å²) in [5, 5.41) is 8.97. The first-order valence-electron chi connectivity index (χ1n) is 4.28. The average molecular weight is 249 g/mol. The Morgan fingerprint density at radius 1 is 1.53 bits per heavy atom. The van der Waals surface area contributed by atoms with Crippen LogP contribution in [-0.4, -0.2) is 25.2 Å². The molecule has 0 unspecified atom stereocenters. The lowest BCUT2D eigenvalue weighted by Gasteiger charge is -2.02. The molecule has 1 heterocycles. The van der Waals surface area contributed by atoms with Crippen LogP contribution in [0, 0.1) is 0 Å². The quantitative estimate of drug-likeness (QED) is 0.830. The summed E-state index contributed by atoms with van der Waals surface area (Å²) in [6.45, 7) is 1.76. The lowest BCUT2D eigenvalue weighted by atomic mass is 10.5. The van der Waals surface area contributed by atoms with Gasteiger partial charge < -0.3 is 5.11 Å². The number of carboxylic acids is 1. The van der Waals surface area contributed by atoms with Crippen molar-refractivity contribution in [1.82, 2.24) is 0 Å². The van der Waals surface area contributed by atoms with E-state index in [0.717, 1.165) is 11.3 Å². The zero-order valence-electron chi connectivity index (χ0n) is 8.06. The van der Waals surface area contributed by atoms with E-state index in [4.69, 9.17) is 5.11 Å². The summed E-state index contributed by atoms with van der Waals surface area (Å²) in [5.74, 6) is -1.02. The first kappa shape index (κ1) is 12.0. The highest BCUT2D eigenvalue weighted by molar-refractivity contribution is 7.92. The standard InChI is InChI=1S/C8H11NO4S2/c1-2-5-15(12,13)9-7-4-3-6(14-7)8(10)11/h3-4,9H,2,5H2,1H3,(H,10,11). The van der Waals surface area contributed by atoms with Crippen LogP contribution in [0.25, 0.3) is 0 Å². The molecule has 0 amide bonds. The zero-order valence-corrected chi connectivity index (χ0v) is 9.69. The van der Waals surface area contributed by atoms with E-state index >= 15 is 0 Å². The van der Waals surface area contributed by atoms with E-state index < -0.39 is 16.0 Å². The van der Waals surface area contributed by atoms with Crippen molar-refractivity contribution in [3.05, 3.63) is 17.0 Å². The Hall–Kier alpha value is -1.08. The van der Waals surface area contributed by atoms with E-state index in [1.165, 1.54) is 12.1 Å². The second-order valence-corrected chi connectivity index (χ2v) is 5.82. The smallest absolute Gasteiger partial charge is 0.345 e. The molecule has 0 aliphatic heterocycles. The van der Waals surface area contributed by atoms with Crippen molar-refractivity contribution in [2.24, 2.45) is 0 Å². The van der Waals surface area contributed by atoms with Gasteiger partial charge in [-0.15, -0.1) is 11.3 Å². The van der Waals surface area contributed by atoms with Gasteiger partial charge in [0.2, 0.25) is 10.0 Å². The molecule has 0 aliphatic carbocycles. The van der Waals surface area contributed by atoms with E-state index in [-0.39, 0.29) is 10.6 Å². The van der Waals surface area contributed by atoms with Crippen molar-refractivity contribution in [1.29, 1.82) is 0 Å². The molecule has 0 aromatic carbocycles. The Morgan fingerprint density at radius 3 is 2.67 bits per heavy atom. The summed E-state index contributed by atoms with van der Waals surface area (Å²) < 4.78 is 25.0. The van der Waals surface area contributed by atoms with Crippen LogP contribution < -0.4 is 4.72 Å². The second-order valence-electron chi connectivity index (χ2n) is 2.89. The summed E-state index contributed by atoms with van der Waals surface area (Å²) in [6.07, 6.45) is 0.520. The number of anilines is 1. The van der Waals surface area contributed by atoms with Crippen molar-refractivity contribution < 1.29 is 18.3 Å². The molecule has 0 radical (unpaired) electrons. The Labute approximate surface area is 91.8 Å². The van der Waals surface area contributed by atoms with Gasteiger partial charge in [-0.25, -0.2) is 13.2 Å². The van der Waals surface area contributed by atoms with E-state index in [1.54, 1.807) is 6.92 Å². The van der Waals surface area contributed by atoms with E-state index in [1.807, 2.05) is 0 Å². The van der Waals surface area contributed by atoms with Crippen LogP contribution in [0.15, 0.2) is 12.1 Å². The maximum Gasteiger partial charge on any atom is 0.345 e. The van der Waals surface area contributed by atoms with Gasteiger partial charge >= 0.3 is 5.97 Å². The molecule has 1 aromatic heterocycles. The summed E-state index contributed by atoms with van der Waals surface area (Å²) in [4.78, 5) is 10.7. The SMILES string of the molecule is CCCS(=O)(=O)Nc1ccc(C(=O)O)s1. The van der Waals surface area contributed by atoms with E-state index in [9.17, 15) is 13.2 Å². The molecule has 0 spiro atoms. The van der Waals surface area contributed by atoms with Gasteiger partial charge in [-0.3, -0.25) is 4.72 Å². The molecule has 1 aromatic rings. The minimum absolute atomic E-state index is 0.0350. The van der Waals surface area contributed by atoms with Crippen LogP contribution in [0.5, 0.6) is 0 Å². The Kier molecular flexibility index (Phi) is 3.70. The zero-order chi connectivity index (χ0) is 11.5. The molecule has 0 fully saturated rings. The lowest BCUT2D eigenvalue weighted by molar-refractivity contribution is 0.0702. The molecule has 0 atom stereocenters. The Morgan fingerprint density at radius 2 is 2.20 bits per heavy atom. The van der Waals surface area contributed by atoms with Crippen molar-refractivity contribution >= 4 is 32.3 Å². The van der Waals surface area contributed by atoms with Gasteiger partial charge in [0.05, 0.1) is 5.75 Å². The highest BCUT2D eigenvalue weighted by atomic mass is 32.2. The number of aromatic carboxylic acids is 1. The number of carboxylic acid groups (broad SMARTS) is 1. The molecular weight excluding hydrogens is 238 g/mol. The molecule has 0 aliphatic rings. The normalized spacial score (nSPS) is 11.3. The summed E-state index contributed by atoms with van der Waals surface area (Å²) in [6, 6.07) is 2.82. The fourth-order valence-electron chi connectivity index (χ4n) is 0.981. The van der Waals surface area contributed by atoms with Gasteiger partial charge in [0.15, 0.2) is 0 Å². The summed E-state index contributed by atoms with van der Waals surface area (Å²) >= 11 is 0.904. The minimum Gasteiger partial charge on any atom is -0.477 e. The number of sulfonamides is 1. The van der Waals surface area contributed by atoms with Crippen molar-refractivity contribution in [2.45, 2.75) is 13.3 Å². The highest BCUT2D eigenvalue weighted by Crippen LogP contribution is 2.22. The van der Waals surface area contributed by atoms with Gasteiger partial charge in [-0.1, -0.05) is 6.92 Å². The molecule has 0 saturated heterocycles. The third kappa shape index (κ3) is 3.52. The number of nitrogens with one attached hydrogen (secondary N) is 1. The molecular formula is C8H11NO4S2. The first-order chi connectivity index (χ1) is 6.94. The van der Waals surface area contributed by atoms with E-state index in [2.05, 4.69) is 4.72 Å². The number of carbonyl (C=O) groups is 1. The van der Waals surface area contributed by atoms with Gasteiger partial charge in [0.25, 0.3) is 0 Å². The average Bonchev–Trinajstić information content (AvgIpc) is 2.51. The topological polar surface area (TPSA) is 83.5 Å². The van der Waals surface area contributed by atoms with Crippen LogP contribution >= 0.6 is 11.3 Å². The monoisotopic (exact) mass is 249 g/mol. The van der Waals surface area contributed by atoms with Gasteiger partial charge in [-0.05, 0) is 18.6 Å². The number of rotatable bonds is 5. The molecule has 7 heteroatoms. The maximum absolute atomic E-state index is 11.3. The Balaban J connectivity index is 2.77. The number of thiophene rings is 1. The third-order valence-corrected chi connectivity index (χ3v) is 4.14. The predicted molar refractivity (Wildman–Crippen MR) is 59.0 cm³/mol. The lowest BCUT2D eigenvalue weighted by Crippen LogP contribution is -2.15. The van der Waals surface area contributed by atoms with Crippen LogP contribution in [0.3, 0.4) is 0 Å². The van der Waals surface area contributed by atoms with Gasteiger partial charge in [0.1, 0.15) is 9.88 Å². The third-order valence-electron chi connectivity index (χ3n) is 1.55. The van der Waals surface area contributed by atoms with Crippen LogP contribution in [0.2, 0.25) is 0 Å². The van der Waals surface area contributed by atoms with Crippen LogP contribution in [0.1, 0.15) is 23.0 Å². The fraction of sp³-hybridized carbons (Fsp3) is 0.375. The largest absolute Gasteiger partial charge is 0.477 e. The molecule has 1 rings (SSSR count). The van der Waals surface area contributed by atoms with Crippen molar-refractivity contribution in [3.8, 4) is 0 Å². The molecule has 0 saturated carbocycles. The molecule has 15 heavy (non-hydrogen) atoms. The fourth-order valence-corrected chi connectivity index (χ4v) is 3.14. The molecule has 2 N–H and O–H groups in total. The van der Waals surface area contributed by atoms with E-state index in [0.29, 0.717) is 11.4 Å². The van der Waals surface area contributed by atoms with Gasteiger partial charge in [-0.2, -0.15) is 0 Å². The second kappa shape index (κ2) is 4.63.